The van der Waals surface area contributed by atoms with Gasteiger partial charge in [-0.2, -0.15) is 0 Å². The number of carbonyl (C=O) groups is 1. The maximum Gasteiger partial charge on any atom is 0.346 e. The second-order valence-electron chi connectivity index (χ2n) is 3.55. The van der Waals surface area contributed by atoms with Gasteiger partial charge in [0.05, 0.1) is 17.1 Å². The number of halogens is 2. The predicted octanol–water partition coefficient (Wildman–Crippen LogP) is 3.43. The minimum Gasteiger partial charge on any atom is -0.477 e. The first-order chi connectivity index (χ1) is 9.38. The molecule has 0 aliphatic rings. The summed E-state index contributed by atoms with van der Waals surface area (Å²) in [6.07, 6.45) is 0. The van der Waals surface area contributed by atoms with E-state index >= 15 is 0 Å². The Morgan fingerprint density at radius 2 is 1.90 bits per heavy atom. The fourth-order valence-electron chi connectivity index (χ4n) is 1.35. The number of benzene rings is 1. The molecule has 1 aromatic carbocycles. The van der Waals surface area contributed by atoms with E-state index in [0.29, 0.717) is 12.1 Å². The van der Waals surface area contributed by atoms with E-state index in [2.05, 4.69) is 0 Å². The third-order valence-electron chi connectivity index (χ3n) is 2.20. The van der Waals surface area contributed by atoms with Crippen LogP contribution in [0, 0.1) is 21.7 Å². The fraction of sp³-hybridized carbons (Fsp3) is 0. The summed E-state index contributed by atoms with van der Waals surface area (Å²) in [6.45, 7) is 0. The van der Waals surface area contributed by atoms with E-state index in [0.717, 1.165) is 17.4 Å². The number of carboxylic acids is 1. The number of non-ortho nitro benzene ring substituents is 1. The smallest absolute Gasteiger partial charge is 0.346 e. The van der Waals surface area contributed by atoms with E-state index in [1.807, 2.05) is 0 Å². The number of hydrogen-bond donors (Lipinski definition) is 1. The van der Waals surface area contributed by atoms with Gasteiger partial charge in [-0.15, -0.1) is 11.3 Å². The van der Waals surface area contributed by atoms with Crippen molar-refractivity contribution in [3.05, 3.63) is 50.2 Å². The summed E-state index contributed by atoms with van der Waals surface area (Å²) in [5.41, 5.74) is -0.746. The maximum atomic E-state index is 13.5. The Balaban J connectivity index is 2.33. The molecule has 1 heterocycles. The quantitative estimate of drug-likeness (QED) is 0.690. The van der Waals surface area contributed by atoms with Gasteiger partial charge >= 0.3 is 5.97 Å². The fourth-order valence-corrected chi connectivity index (χ4v) is 2.00. The van der Waals surface area contributed by atoms with E-state index < -0.39 is 34.0 Å². The Morgan fingerprint density at radius 3 is 2.35 bits per heavy atom. The van der Waals surface area contributed by atoms with E-state index in [9.17, 15) is 23.7 Å². The minimum absolute atomic E-state index is 0.0669. The molecule has 0 amide bonds. The van der Waals surface area contributed by atoms with E-state index in [1.54, 1.807) is 0 Å². The van der Waals surface area contributed by atoms with E-state index in [1.165, 1.54) is 5.38 Å². The Morgan fingerprint density at radius 1 is 1.30 bits per heavy atom. The zero-order chi connectivity index (χ0) is 14.9. The van der Waals surface area contributed by atoms with Gasteiger partial charge in [0, 0.05) is 11.4 Å². The number of hydrogen-bond acceptors (Lipinski definition) is 5. The Hall–Kier alpha value is -2.55. The molecule has 0 saturated heterocycles. The monoisotopic (exact) mass is 301 g/mol. The standard InChI is InChI=1S/C11H5F2NO5S/c12-7-1-5(14(17)18)2-8(13)10(7)19-6-3-9(11(15)16)20-4-6/h1-4H,(H,15,16). The van der Waals surface area contributed by atoms with Crippen LogP contribution in [-0.4, -0.2) is 16.0 Å². The number of ether oxygens (including phenoxy) is 1. The van der Waals surface area contributed by atoms with Crippen LogP contribution in [0.25, 0.3) is 0 Å². The number of rotatable bonds is 4. The summed E-state index contributed by atoms with van der Waals surface area (Å²) >= 11 is 0.819. The van der Waals surface area contributed by atoms with Crippen LogP contribution < -0.4 is 4.74 Å². The van der Waals surface area contributed by atoms with Gasteiger partial charge < -0.3 is 9.84 Å². The van der Waals surface area contributed by atoms with Gasteiger partial charge in [0.2, 0.25) is 0 Å². The molecule has 0 bridgehead atoms. The van der Waals surface area contributed by atoms with Gasteiger partial charge in [-0.25, -0.2) is 13.6 Å². The molecule has 0 spiro atoms. The van der Waals surface area contributed by atoms with Crippen LogP contribution in [0.5, 0.6) is 11.5 Å². The highest BCUT2D eigenvalue weighted by Gasteiger charge is 2.19. The first kappa shape index (κ1) is 13.9. The van der Waals surface area contributed by atoms with Gasteiger partial charge in [0.15, 0.2) is 17.4 Å². The third-order valence-corrected chi connectivity index (χ3v) is 3.10. The van der Waals surface area contributed by atoms with Crippen LogP contribution >= 0.6 is 11.3 Å². The van der Waals surface area contributed by atoms with Crippen molar-refractivity contribution in [3.8, 4) is 11.5 Å². The van der Waals surface area contributed by atoms with Gasteiger partial charge in [-0.3, -0.25) is 10.1 Å². The van der Waals surface area contributed by atoms with Gasteiger partial charge in [0.25, 0.3) is 5.69 Å². The summed E-state index contributed by atoms with van der Waals surface area (Å²) in [7, 11) is 0. The van der Waals surface area contributed by atoms with Gasteiger partial charge in [-0.1, -0.05) is 0 Å². The maximum absolute atomic E-state index is 13.5. The number of thiophene rings is 1. The van der Waals surface area contributed by atoms with Crippen LogP contribution in [0.3, 0.4) is 0 Å². The SMILES string of the molecule is O=C(O)c1cc(Oc2c(F)cc([N+](=O)[O-])cc2F)cs1. The van der Waals surface area contributed by atoms with Crippen LogP contribution in [0.1, 0.15) is 9.67 Å². The molecule has 0 fully saturated rings. The molecule has 0 saturated carbocycles. The van der Waals surface area contributed by atoms with Gasteiger partial charge in [-0.05, 0) is 0 Å². The molecule has 20 heavy (non-hydrogen) atoms. The number of nitro groups is 1. The Labute approximate surface area is 114 Å². The van der Waals surface area contributed by atoms with Crippen molar-refractivity contribution >= 4 is 23.0 Å². The van der Waals surface area contributed by atoms with Gasteiger partial charge in [0.1, 0.15) is 10.6 Å². The van der Waals surface area contributed by atoms with Crippen molar-refractivity contribution in [1.82, 2.24) is 0 Å². The van der Waals surface area contributed by atoms with Crippen LogP contribution in [-0.2, 0) is 0 Å². The zero-order valence-electron chi connectivity index (χ0n) is 9.50. The van der Waals surface area contributed by atoms with Crippen molar-refractivity contribution in [1.29, 1.82) is 0 Å². The zero-order valence-corrected chi connectivity index (χ0v) is 10.3. The number of nitro benzene ring substituents is 1. The molecule has 6 nitrogen and oxygen atoms in total. The Bertz CT molecular complexity index is 677. The normalized spacial score (nSPS) is 10.3. The highest BCUT2D eigenvalue weighted by atomic mass is 32.1. The second kappa shape index (κ2) is 5.21. The summed E-state index contributed by atoms with van der Waals surface area (Å²) in [5.74, 6) is -4.60. The molecule has 104 valence electrons. The van der Waals surface area contributed by atoms with Crippen molar-refractivity contribution in [2.75, 3.05) is 0 Å². The second-order valence-corrected chi connectivity index (χ2v) is 4.46. The molecule has 9 heteroatoms. The lowest BCUT2D eigenvalue weighted by Gasteiger charge is -2.05. The third kappa shape index (κ3) is 2.72. The molecule has 0 atom stereocenters. The van der Waals surface area contributed by atoms with Crippen molar-refractivity contribution < 1.29 is 28.3 Å². The molecule has 0 aliphatic heterocycles. The lowest BCUT2D eigenvalue weighted by Crippen LogP contribution is -1.96. The predicted molar refractivity (Wildman–Crippen MR) is 64.4 cm³/mol. The van der Waals surface area contributed by atoms with E-state index in [4.69, 9.17) is 9.84 Å². The first-order valence-corrected chi connectivity index (χ1v) is 5.89. The Kier molecular flexibility index (Phi) is 3.61. The summed E-state index contributed by atoms with van der Waals surface area (Å²) in [5, 5.41) is 20.4. The summed E-state index contributed by atoms with van der Waals surface area (Å²) in [6, 6.07) is 2.12. The van der Waals surface area contributed by atoms with Crippen LogP contribution in [0.4, 0.5) is 14.5 Å². The van der Waals surface area contributed by atoms with Crippen molar-refractivity contribution in [3.63, 3.8) is 0 Å². The summed E-state index contributed by atoms with van der Waals surface area (Å²) < 4.78 is 32.0. The summed E-state index contributed by atoms with van der Waals surface area (Å²) in [4.78, 5) is 20.1. The largest absolute Gasteiger partial charge is 0.477 e. The number of nitrogens with zero attached hydrogens (tertiary/aromatic N) is 1. The number of carboxylic acid groups (broad SMARTS) is 1. The molecule has 0 radical (unpaired) electrons. The number of aromatic carboxylic acids is 1. The molecule has 2 rings (SSSR count). The minimum atomic E-state index is -1.25. The van der Waals surface area contributed by atoms with Crippen molar-refractivity contribution in [2.45, 2.75) is 0 Å². The molecular formula is C11H5F2NO5S. The highest BCUT2D eigenvalue weighted by Crippen LogP contribution is 2.33. The van der Waals surface area contributed by atoms with E-state index in [-0.39, 0.29) is 10.6 Å². The lowest BCUT2D eigenvalue weighted by atomic mass is 10.3. The highest BCUT2D eigenvalue weighted by molar-refractivity contribution is 7.12. The van der Waals surface area contributed by atoms with Crippen LogP contribution in [0.15, 0.2) is 23.6 Å². The molecular weight excluding hydrogens is 296 g/mol. The topological polar surface area (TPSA) is 89.7 Å². The molecule has 1 aromatic heterocycles. The lowest BCUT2D eigenvalue weighted by molar-refractivity contribution is -0.385. The molecule has 0 aliphatic carbocycles. The average Bonchev–Trinajstić information content (AvgIpc) is 2.82. The molecule has 2 aromatic rings. The first-order valence-electron chi connectivity index (χ1n) is 5.01. The molecule has 1 N–H and O–H groups in total. The molecule has 0 unspecified atom stereocenters. The van der Waals surface area contributed by atoms with Crippen LogP contribution in [0.2, 0.25) is 0 Å². The van der Waals surface area contributed by atoms with Crippen molar-refractivity contribution in [2.24, 2.45) is 0 Å². The average molecular weight is 301 g/mol.